The van der Waals surface area contributed by atoms with E-state index < -0.39 is 0 Å². The lowest BCUT2D eigenvalue weighted by Gasteiger charge is -2.36. The Morgan fingerprint density at radius 1 is 0.703 bits per heavy atom. The third-order valence-electron chi connectivity index (χ3n) is 9.51. The predicted molar refractivity (Wildman–Crippen MR) is 245 cm³/mol. The fraction of sp³-hybridized carbons (Fsp3) is 0.571. The molecule has 4 rings (SSSR count). The van der Waals surface area contributed by atoms with Crippen LogP contribution in [0.15, 0.2) is 47.5 Å². The third-order valence-corrected chi connectivity index (χ3v) is 9.74. The molecular formula is C42H65ClN12O9. The molecule has 21 nitrogen and oxygen atoms in total. The van der Waals surface area contributed by atoms with Gasteiger partial charge in [0, 0.05) is 87.7 Å². The molecule has 2 heterocycles. The highest BCUT2D eigenvalue weighted by Crippen LogP contribution is 2.31. The van der Waals surface area contributed by atoms with Gasteiger partial charge in [-0.2, -0.15) is 4.99 Å². The first-order chi connectivity index (χ1) is 31.1. The highest BCUT2D eigenvalue weighted by atomic mass is 35.5. The number of halogens is 1. The SMILES string of the molecule is COCCNC(=O)CN(C)CC(=O)NCCOCCOCCNC(=O)NCCOCCOCCOCCN1CCN(c2ccc(-c3nc(N=C(N)N)nc4ccc(Cl)cc34)cc2)CC1. The fourth-order valence-electron chi connectivity index (χ4n) is 6.34. The molecule has 3 aromatic rings. The summed E-state index contributed by atoms with van der Waals surface area (Å²) in [6, 6.07) is 13.4. The smallest absolute Gasteiger partial charge is 0.314 e. The van der Waals surface area contributed by atoms with Crippen molar-refractivity contribution in [2.24, 2.45) is 16.5 Å². The maximum absolute atomic E-state index is 12.0. The lowest BCUT2D eigenvalue weighted by molar-refractivity contribution is -0.124. The van der Waals surface area contributed by atoms with Gasteiger partial charge in [-0.15, -0.1) is 0 Å². The number of carbonyl (C=O) groups is 3. The molecule has 4 amide bonds. The number of ether oxygens (including phenoxy) is 6. The van der Waals surface area contributed by atoms with Gasteiger partial charge in [-0.25, -0.2) is 14.8 Å². The van der Waals surface area contributed by atoms with Crippen molar-refractivity contribution < 1.29 is 42.8 Å². The van der Waals surface area contributed by atoms with Crippen molar-refractivity contribution in [3.8, 4) is 11.3 Å². The molecule has 0 bridgehead atoms. The van der Waals surface area contributed by atoms with Crippen molar-refractivity contribution in [2.45, 2.75) is 0 Å². The zero-order valence-electron chi connectivity index (χ0n) is 37.0. The molecule has 0 unspecified atom stereocenters. The van der Waals surface area contributed by atoms with E-state index in [0.29, 0.717) is 115 Å². The first-order valence-corrected chi connectivity index (χ1v) is 21.7. The summed E-state index contributed by atoms with van der Waals surface area (Å²) in [5, 5.41) is 12.3. The number of guanidine groups is 1. The molecule has 22 heteroatoms. The van der Waals surface area contributed by atoms with Gasteiger partial charge in [0.1, 0.15) is 0 Å². The molecule has 354 valence electrons. The van der Waals surface area contributed by atoms with E-state index in [-0.39, 0.29) is 42.8 Å². The summed E-state index contributed by atoms with van der Waals surface area (Å²) in [5.41, 5.74) is 14.6. The second-order valence-electron chi connectivity index (χ2n) is 14.6. The molecule has 1 aliphatic rings. The summed E-state index contributed by atoms with van der Waals surface area (Å²) in [7, 11) is 3.25. The maximum atomic E-state index is 12.0. The molecular weight excluding hydrogens is 852 g/mol. The molecule has 1 saturated heterocycles. The summed E-state index contributed by atoms with van der Waals surface area (Å²) < 4.78 is 32.7. The van der Waals surface area contributed by atoms with Crippen molar-refractivity contribution >= 4 is 57.9 Å². The van der Waals surface area contributed by atoms with E-state index in [2.05, 4.69) is 58.2 Å². The van der Waals surface area contributed by atoms with Gasteiger partial charge in [-0.05, 0) is 37.4 Å². The van der Waals surface area contributed by atoms with Crippen molar-refractivity contribution in [2.75, 3.05) is 164 Å². The average molecular weight is 918 g/mol. The molecule has 1 aliphatic heterocycles. The van der Waals surface area contributed by atoms with Crippen LogP contribution in [0.3, 0.4) is 0 Å². The number of fused-ring (bicyclic) bond motifs is 1. The molecule has 1 aromatic heterocycles. The summed E-state index contributed by atoms with van der Waals surface area (Å²) in [6.07, 6.45) is 0. The molecule has 0 spiro atoms. The van der Waals surface area contributed by atoms with Gasteiger partial charge < -0.3 is 66.1 Å². The van der Waals surface area contributed by atoms with Crippen molar-refractivity contribution in [3.63, 3.8) is 0 Å². The van der Waals surface area contributed by atoms with Crippen LogP contribution in [0.4, 0.5) is 16.4 Å². The molecule has 0 saturated carbocycles. The zero-order chi connectivity index (χ0) is 45.8. The van der Waals surface area contributed by atoms with Crippen LogP contribution in [0, 0.1) is 0 Å². The van der Waals surface area contributed by atoms with Gasteiger partial charge in [-0.1, -0.05) is 23.7 Å². The zero-order valence-corrected chi connectivity index (χ0v) is 37.7. The van der Waals surface area contributed by atoms with E-state index in [4.69, 9.17) is 51.5 Å². The Morgan fingerprint density at radius 3 is 1.80 bits per heavy atom. The number of nitrogens with two attached hydrogens (primary N) is 2. The highest BCUT2D eigenvalue weighted by molar-refractivity contribution is 6.31. The van der Waals surface area contributed by atoms with Crippen LogP contribution in [-0.4, -0.2) is 202 Å². The number of rotatable bonds is 31. The minimum absolute atomic E-state index is 0.0966. The number of methoxy groups -OCH3 is 1. The van der Waals surface area contributed by atoms with Crippen molar-refractivity contribution in [3.05, 3.63) is 47.5 Å². The van der Waals surface area contributed by atoms with Gasteiger partial charge in [0.15, 0.2) is 5.96 Å². The number of nitrogens with zero attached hydrogens (tertiary/aromatic N) is 6. The number of piperazine rings is 1. The summed E-state index contributed by atoms with van der Waals surface area (Å²) in [5.74, 6) is -0.289. The van der Waals surface area contributed by atoms with E-state index >= 15 is 0 Å². The average Bonchev–Trinajstić information content (AvgIpc) is 3.27. The first kappa shape index (κ1) is 51.7. The number of amides is 4. The second kappa shape index (κ2) is 30.2. The topological polar surface area (TPSA) is 255 Å². The fourth-order valence-corrected chi connectivity index (χ4v) is 6.51. The number of hydrogen-bond acceptors (Lipinski definition) is 15. The number of benzene rings is 2. The third kappa shape index (κ3) is 20.7. The van der Waals surface area contributed by atoms with Crippen LogP contribution in [0.25, 0.3) is 22.2 Å². The Kier molecular flexibility index (Phi) is 24.4. The number of aromatic nitrogens is 2. The molecule has 1 fully saturated rings. The summed E-state index contributed by atoms with van der Waals surface area (Å²) in [6.45, 7) is 10.9. The Morgan fingerprint density at radius 2 is 1.23 bits per heavy atom. The minimum Gasteiger partial charge on any atom is -0.383 e. The lowest BCUT2D eigenvalue weighted by Crippen LogP contribution is -2.47. The minimum atomic E-state index is -0.307. The van der Waals surface area contributed by atoms with Gasteiger partial charge in [0.2, 0.25) is 11.8 Å². The standard InChI is InChI=1S/C42H65ClN12O9/c1-53(30-37(56)46-9-18-59-2)31-38(57)47-10-19-60-23-24-61-20-11-48-42(58)49-12-21-62-25-27-64-28-26-63-22-17-54-13-15-55(16-14-54)34-6-3-32(4-7-34)39-35-29-33(43)5-8-36(35)50-41(51-39)52-40(44)45/h3-8,29H,9-28,30-31H2,1-2H3,(H,46,56)(H,47,57)(H2,48,49,58)(H4,44,45,50,51,52). The normalized spacial score (nSPS) is 13.0. The molecule has 64 heavy (non-hydrogen) atoms. The van der Waals surface area contributed by atoms with Gasteiger partial charge in [0.25, 0.3) is 5.95 Å². The van der Waals surface area contributed by atoms with Crippen LogP contribution in [0.5, 0.6) is 0 Å². The van der Waals surface area contributed by atoms with Gasteiger partial charge in [0.05, 0.1) is 97.0 Å². The second-order valence-corrected chi connectivity index (χ2v) is 15.0. The van der Waals surface area contributed by atoms with Gasteiger partial charge in [-0.3, -0.25) is 19.4 Å². The Labute approximate surface area is 379 Å². The van der Waals surface area contributed by atoms with Crippen LogP contribution in [0.1, 0.15) is 0 Å². The molecule has 0 aliphatic carbocycles. The first-order valence-electron chi connectivity index (χ1n) is 21.4. The largest absolute Gasteiger partial charge is 0.383 e. The maximum Gasteiger partial charge on any atom is 0.314 e. The number of nitrogens with one attached hydrogen (secondary N) is 4. The number of carbonyl (C=O) groups excluding carboxylic acids is 3. The van der Waals surface area contributed by atoms with E-state index in [1.165, 1.54) is 0 Å². The molecule has 8 N–H and O–H groups in total. The quantitative estimate of drug-likeness (QED) is 0.0286. The van der Waals surface area contributed by atoms with Crippen LogP contribution in [-0.2, 0) is 38.0 Å². The number of hydrogen-bond donors (Lipinski definition) is 6. The molecule has 0 radical (unpaired) electrons. The van der Waals surface area contributed by atoms with E-state index in [1.807, 2.05) is 24.3 Å². The predicted octanol–water partition coefficient (Wildman–Crippen LogP) is 0.170. The van der Waals surface area contributed by atoms with E-state index in [9.17, 15) is 14.4 Å². The monoisotopic (exact) mass is 916 g/mol. The number of urea groups is 1. The van der Waals surface area contributed by atoms with Crippen LogP contribution >= 0.6 is 11.6 Å². The van der Waals surface area contributed by atoms with E-state index in [0.717, 1.165) is 49.4 Å². The molecule has 2 aromatic carbocycles. The van der Waals surface area contributed by atoms with Crippen LogP contribution in [0.2, 0.25) is 5.02 Å². The lowest BCUT2D eigenvalue weighted by atomic mass is 10.1. The highest BCUT2D eigenvalue weighted by Gasteiger charge is 2.18. The molecule has 0 atom stereocenters. The van der Waals surface area contributed by atoms with Crippen LogP contribution < -0.4 is 37.6 Å². The number of aliphatic imine (C=N–C) groups is 1. The van der Waals surface area contributed by atoms with Crippen molar-refractivity contribution in [1.29, 1.82) is 0 Å². The number of anilines is 1. The van der Waals surface area contributed by atoms with Crippen molar-refractivity contribution in [1.82, 2.24) is 41.0 Å². The number of likely N-dealkylation sites (N-methyl/N-ethyl adjacent to an activating group) is 1. The van der Waals surface area contributed by atoms with E-state index in [1.54, 1.807) is 25.1 Å². The summed E-state index contributed by atoms with van der Waals surface area (Å²) >= 11 is 6.30. The Balaban J connectivity index is 0.909. The van der Waals surface area contributed by atoms with Gasteiger partial charge >= 0.3 is 6.03 Å². The Bertz CT molecular complexity index is 1870. The summed E-state index contributed by atoms with van der Waals surface area (Å²) in [4.78, 5) is 55.3. The Hall–Kier alpha value is -4.97.